The number of nitrogens with one attached hydrogen (secondary N) is 5. The predicted octanol–water partition coefficient (Wildman–Crippen LogP) is -4.55. The van der Waals surface area contributed by atoms with Gasteiger partial charge in [0.1, 0.15) is 30.2 Å². The number of aliphatic hydroxyl groups excluding tert-OH is 1. The molecule has 0 rings (SSSR count). The van der Waals surface area contributed by atoms with Crippen LogP contribution < -0.4 is 49.5 Å². The van der Waals surface area contributed by atoms with Crippen molar-refractivity contribution in [2.24, 2.45) is 33.8 Å². The van der Waals surface area contributed by atoms with E-state index in [2.05, 4.69) is 31.6 Å². The number of primary amides is 1. The number of carbonyl (C=O) groups is 8. The van der Waals surface area contributed by atoms with Gasteiger partial charge in [0.25, 0.3) is 0 Å². The van der Waals surface area contributed by atoms with Gasteiger partial charge in [0.15, 0.2) is 5.96 Å². The number of hydrogen-bond acceptors (Lipinski definition) is 11. The average Bonchev–Trinajstić information content (AvgIpc) is 3.00. The molecule has 0 bridgehead atoms. The number of carboxylic acids is 2. The fraction of sp³-hybridized carbons (Fsp3) is 0.690. The maximum Gasteiger partial charge on any atom is 0.326 e. The number of amides is 6. The summed E-state index contributed by atoms with van der Waals surface area (Å²) >= 11 is 0. The van der Waals surface area contributed by atoms with E-state index in [0.717, 1.165) is 6.92 Å². The molecule has 0 fully saturated rings. The molecule has 21 nitrogen and oxygen atoms in total. The SMILES string of the molecule is CC(C)C[C@H](NC(=O)[C@H](CCCN=C(N)N)NC(=O)[C@@H](NC(=O)[C@H](CCC(N)=O)NC(=O)[C@H](C)NC(=O)[C@@H](N)CCC(=O)O)[C@@H](C)O)C(=O)O. The van der Waals surface area contributed by atoms with Crippen LogP contribution in [0.2, 0.25) is 0 Å². The summed E-state index contributed by atoms with van der Waals surface area (Å²) in [5, 5.41) is 40.4. The number of hydrogen-bond donors (Lipinski definition) is 12. The number of aliphatic carboxylic acids is 2. The Morgan fingerprint density at radius 3 is 1.70 bits per heavy atom. The summed E-state index contributed by atoms with van der Waals surface area (Å²) in [5.41, 5.74) is 21.5. The number of aliphatic hydroxyl groups is 1. The van der Waals surface area contributed by atoms with Crippen LogP contribution in [0.3, 0.4) is 0 Å². The van der Waals surface area contributed by atoms with Gasteiger partial charge in [-0.1, -0.05) is 13.8 Å². The zero-order valence-electron chi connectivity index (χ0n) is 28.6. The number of nitrogens with two attached hydrogens (primary N) is 4. The van der Waals surface area contributed by atoms with Crippen LogP contribution in [0.5, 0.6) is 0 Å². The Hall–Kier alpha value is -5.05. The molecule has 0 radical (unpaired) electrons. The van der Waals surface area contributed by atoms with Crippen molar-refractivity contribution in [1.29, 1.82) is 0 Å². The minimum Gasteiger partial charge on any atom is -0.481 e. The highest BCUT2D eigenvalue weighted by Gasteiger charge is 2.34. The van der Waals surface area contributed by atoms with Crippen molar-refractivity contribution < 1.29 is 53.7 Å². The molecule has 16 N–H and O–H groups in total. The molecule has 0 aliphatic carbocycles. The van der Waals surface area contributed by atoms with E-state index in [1.165, 1.54) is 6.92 Å². The van der Waals surface area contributed by atoms with Crippen molar-refractivity contribution in [3.8, 4) is 0 Å². The van der Waals surface area contributed by atoms with E-state index in [-0.39, 0.29) is 50.5 Å². The standard InChI is InChI=1S/C29H52N10O11/c1-13(2)12-19(28(49)50)38-25(46)17(6-5-11-34-29(32)33)37-27(48)22(15(4)40)39-26(47)18(8-9-20(31)41)36-23(44)14(3)35-24(45)16(30)7-10-21(42)43/h13-19,22,40H,5-12,30H2,1-4H3,(H2,31,41)(H,35,45)(H,36,44)(H,37,48)(H,38,46)(H,39,47)(H,42,43)(H,49,50)(H4,32,33,34)/t14-,15+,16-,17-,18-,19-,22-/m0/s1. The summed E-state index contributed by atoms with van der Waals surface area (Å²) in [6, 6.07) is -8.42. The lowest BCUT2D eigenvalue weighted by Crippen LogP contribution is -2.61. The first kappa shape index (κ1) is 44.9. The van der Waals surface area contributed by atoms with Crippen LogP contribution in [-0.4, -0.2) is 118 Å². The molecule has 6 amide bonds. The molecule has 0 spiro atoms. The van der Waals surface area contributed by atoms with Crippen LogP contribution in [0.1, 0.15) is 72.6 Å². The second-order valence-corrected chi connectivity index (χ2v) is 12.1. The van der Waals surface area contributed by atoms with Crippen LogP contribution in [0.4, 0.5) is 0 Å². The van der Waals surface area contributed by atoms with E-state index in [4.69, 9.17) is 28.0 Å². The van der Waals surface area contributed by atoms with Crippen molar-refractivity contribution in [3.05, 3.63) is 0 Å². The van der Waals surface area contributed by atoms with Crippen LogP contribution in [-0.2, 0) is 38.4 Å². The number of aliphatic imine (C=N–C) groups is 1. The Kier molecular flexibility index (Phi) is 20.3. The molecule has 7 atom stereocenters. The van der Waals surface area contributed by atoms with Gasteiger partial charge in [0.05, 0.1) is 12.1 Å². The molecule has 0 aromatic heterocycles. The lowest BCUT2D eigenvalue weighted by molar-refractivity contribution is -0.143. The summed E-state index contributed by atoms with van der Waals surface area (Å²) < 4.78 is 0. The van der Waals surface area contributed by atoms with E-state index in [1.54, 1.807) is 13.8 Å². The predicted molar refractivity (Wildman–Crippen MR) is 177 cm³/mol. The number of rotatable bonds is 24. The fourth-order valence-electron chi connectivity index (χ4n) is 4.31. The van der Waals surface area contributed by atoms with Gasteiger partial charge in [0.2, 0.25) is 35.4 Å². The Morgan fingerprint density at radius 1 is 0.660 bits per heavy atom. The summed E-state index contributed by atoms with van der Waals surface area (Å²) in [6.45, 7) is 5.97. The fourth-order valence-corrected chi connectivity index (χ4v) is 4.31. The summed E-state index contributed by atoms with van der Waals surface area (Å²) in [5.74, 6) is -8.36. The molecular weight excluding hydrogens is 664 g/mol. The highest BCUT2D eigenvalue weighted by Crippen LogP contribution is 2.08. The third kappa shape index (κ3) is 18.5. The zero-order valence-corrected chi connectivity index (χ0v) is 28.6. The van der Waals surface area contributed by atoms with Crippen molar-refractivity contribution in [1.82, 2.24) is 26.6 Å². The first-order valence-corrected chi connectivity index (χ1v) is 15.9. The van der Waals surface area contributed by atoms with Gasteiger partial charge < -0.3 is 64.8 Å². The van der Waals surface area contributed by atoms with Crippen molar-refractivity contribution >= 4 is 53.3 Å². The van der Waals surface area contributed by atoms with Gasteiger partial charge in [-0.05, 0) is 51.9 Å². The van der Waals surface area contributed by atoms with Crippen molar-refractivity contribution in [3.63, 3.8) is 0 Å². The topological polar surface area (TPSA) is 374 Å². The van der Waals surface area contributed by atoms with Gasteiger partial charge >= 0.3 is 11.9 Å². The third-order valence-corrected chi connectivity index (χ3v) is 7.03. The lowest BCUT2D eigenvalue weighted by atomic mass is 10.0. The third-order valence-electron chi connectivity index (χ3n) is 7.03. The Balaban J connectivity index is 5.97. The molecular formula is C29H52N10O11. The quantitative estimate of drug-likeness (QED) is 0.0254. The zero-order chi connectivity index (χ0) is 38.7. The maximum absolute atomic E-state index is 13.4. The molecule has 0 aromatic rings. The monoisotopic (exact) mass is 716 g/mol. The van der Waals surface area contributed by atoms with E-state index < -0.39 is 103 Å². The molecule has 284 valence electrons. The van der Waals surface area contributed by atoms with Gasteiger partial charge in [-0.3, -0.25) is 38.6 Å². The minimum atomic E-state index is -1.72. The number of carboxylic acid groups (broad SMARTS) is 2. The average molecular weight is 717 g/mol. The highest BCUT2D eigenvalue weighted by atomic mass is 16.4. The van der Waals surface area contributed by atoms with Crippen LogP contribution in [0.25, 0.3) is 0 Å². The Morgan fingerprint density at radius 2 is 1.20 bits per heavy atom. The van der Waals surface area contributed by atoms with Crippen LogP contribution in [0.15, 0.2) is 4.99 Å². The summed E-state index contributed by atoms with van der Waals surface area (Å²) in [4.78, 5) is 103. The van der Waals surface area contributed by atoms with Crippen molar-refractivity contribution in [2.45, 2.75) is 115 Å². The molecule has 0 saturated carbocycles. The second-order valence-electron chi connectivity index (χ2n) is 12.1. The van der Waals surface area contributed by atoms with Crippen LogP contribution in [0, 0.1) is 5.92 Å². The minimum absolute atomic E-state index is 0.0568. The maximum atomic E-state index is 13.4. The van der Waals surface area contributed by atoms with Crippen molar-refractivity contribution in [2.75, 3.05) is 6.54 Å². The number of guanidine groups is 1. The molecule has 0 aromatic carbocycles. The molecule has 21 heteroatoms. The molecule has 0 saturated heterocycles. The van der Waals surface area contributed by atoms with Crippen LogP contribution >= 0.6 is 0 Å². The first-order valence-electron chi connectivity index (χ1n) is 15.9. The highest BCUT2D eigenvalue weighted by molar-refractivity contribution is 5.96. The van der Waals surface area contributed by atoms with Gasteiger partial charge in [-0.15, -0.1) is 0 Å². The molecule has 0 aliphatic heterocycles. The summed E-state index contributed by atoms with van der Waals surface area (Å²) in [7, 11) is 0. The largest absolute Gasteiger partial charge is 0.481 e. The number of nitrogens with zero attached hydrogens (tertiary/aromatic N) is 1. The second kappa shape index (κ2) is 22.6. The van der Waals surface area contributed by atoms with Gasteiger partial charge in [-0.25, -0.2) is 4.79 Å². The Labute approximate surface area is 289 Å². The molecule has 0 heterocycles. The summed E-state index contributed by atoms with van der Waals surface area (Å²) in [6.07, 6.45) is -2.78. The Bertz CT molecular complexity index is 1240. The molecule has 50 heavy (non-hydrogen) atoms. The normalized spacial score (nSPS) is 15.1. The number of carbonyl (C=O) groups excluding carboxylic acids is 6. The molecule has 0 unspecified atom stereocenters. The van der Waals surface area contributed by atoms with Gasteiger partial charge in [-0.2, -0.15) is 0 Å². The van der Waals surface area contributed by atoms with E-state index >= 15 is 0 Å². The lowest BCUT2D eigenvalue weighted by Gasteiger charge is -2.28. The van der Waals surface area contributed by atoms with E-state index in [0.29, 0.717) is 0 Å². The molecule has 0 aliphatic rings. The van der Waals surface area contributed by atoms with Gasteiger partial charge in [0, 0.05) is 19.4 Å². The van der Waals surface area contributed by atoms with E-state index in [1.807, 2.05) is 0 Å². The van der Waals surface area contributed by atoms with E-state index in [9.17, 15) is 48.6 Å². The first-order chi connectivity index (χ1) is 23.2. The smallest absolute Gasteiger partial charge is 0.326 e.